The highest BCUT2D eigenvalue weighted by atomic mass is 35.5. The second-order valence-electron chi connectivity index (χ2n) is 5.64. The number of carbonyl (C=O) groups excluding carboxylic acids is 1. The highest BCUT2D eigenvalue weighted by molar-refractivity contribution is 6.18. The third-order valence-electron chi connectivity index (χ3n) is 3.99. The molecule has 0 aliphatic rings. The van der Waals surface area contributed by atoms with Crippen molar-refractivity contribution < 1.29 is 14.3 Å². The summed E-state index contributed by atoms with van der Waals surface area (Å²) >= 11 is 5.67. The lowest BCUT2D eigenvalue weighted by Gasteiger charge is -2.16. The van der Waals surface area contributed by atoms with Crippen LogP contribution in [0.15, 0.2) is 24.3 Å². The first-order valence-corrected chi connectivity index (χ1v) is 8.20. The number of hydrogen-bond donors (Lipinski definition) is 1. The highest BCUT2D eigenvalue weighted by Gasteiger charge is 2.24. The number of pyridine rings is 1. The van der Waals surface area contributed by atoms with E-state index in [2.05, 4.69) is 5.32 Å². The van der Waals surface area contributed by atoms with Crippen LogP contribution in [0.25, 0.3) is 0 Å². The average Bonchev–Trinajstić information content (AvgIpc) is 2.54. The number of carbonyl (C=O) groups is 1. The van der Waals surface area contributed by atoms with Crippen molar-refractivity contribution in [2.75, 3.05) is 17.8 Å². The van der Waals surface area contributed by atoms with Gasteiger partial charge in [-0.1, -0.05) is 12.1 Å². The molecule has 0 saturated heterocycles. The molecule has 0 fully saturated rings. The van der Waals surface area contributed by atoms with Crippen LogP contribution in [0, 0.1) is 32.9 Å². The van der Waals surface area contributed by atoms with Gasteiger partial charge in [0.2, 0.25) is 5.69 Å². The Labute approximate surface area is 146 Å². The summed E-state index contributed by atoms with van der Waals surface area (Å²) in [6.07, 6.45) is 0. The minimum absolute atomic E-state index is 0.224. The topological polar surface area (TPSA) is 65.3 Å². The number of nitrogens with one attached hydrogen (secondary N) is 1. The van der Waals surface area contributed by atoms with Crippen molar-refractivity contribution in [2.24, 2.45) is 0 Å². The maximum atomic E-state index is 12.8. The second kappa shape index (κ2) is 7.53. The summed E-state index contributed by atoms with van der Waals surface area (Å²) in [5, 5.41) is 15.0. The van der Waals surface area contributed by atoms with Gasteiger partial charge in [0.15, 0.2) is 5.69 Å². The normalized spacial score (nSPS) is 10.5. The molecule has 0 spiro atoms. The fourth-order valence-electron chi connectivity index (χ4n) is 2.47. The van der Waals surface area contributed by atoms with E-state index in [1.165, 1.54) is 0 Å². The van der Waals surface area contributed by atoms with Crippen molar-refractivity contribution in [3.8, 4) is 5.75 Å². The molecular formula is C18H21ClN2O3. The zero-order valence-electron chi connectivity index (χ0n) is 14.3. The first kappa shape index (κ1) is 18.1. The fourth-order valence-corrected chi connectivity index (χ4v) is 2.55. The van der Waals surface area contributed by atoms with Crippen LogP contribution in [-0.2, 0) is 0 Å². The van der Waals surface area contributed by atoms with Crippen LogP contribution in [0.5, 0.6) is 5.75 Å². The summed E-state index contributed by atoms with van der Waals surface area (Å²) in [6.45, 7) is 7.44. The van der Waals surface area contributed by atoms with E-state index >= 15 is 0 Å². The lowest BCUT2D eigenvalue weighted by molar-refractivity contribution is -0.619. The molecule has 0 radical (unpaired) electrons. The molecule has 1 aromatic heterocycles. The summed E-state index contributed by atoms with van der Waals surface area (Å²) in [5.74, 6) is 0.276. The number of anilines is 1. The monoisotopic (exact) mass is 348 g/mol. The minimum Gasteiger partial charge on any atom is -0.618 e. The van der Waals surface area contributed by atoms with Gasteiger partial charge < -0.3 is 15.3 Å². The van der Waals surface area contributed by atoms with Gasteiger partial charge in [0.1, 0.15) is 17.9 Å². The Morgan fingerprint density at radius 1 is 1.29 bits per heavy atom. The molecule has 0 bridgehead atoms. The summed E-state index contributed by atoms with van der Waals surface area (Å²) in [5.41, 5.74) is 3.74. The summed E-state index contributed by atoms with van der Waals surface area (Å²) in [4.78, 5) is 12.8. The van der Waals surface area contributed by atoms with Crippen molar-refractivity contribution in [3.05, 3.63) is 57.6 Å². The number of hydrogen-bond acceptors (Lipinski definition) is 3. The van der Waals surface area contributed by atoms with Crippen LogP contribution < -0.4 is 14.8 Å². The molecule has 5 nitrogen and oxygen atoms in total. The third kappa shape index (κ3) is 3.62. The summed E-state index contributed by atoms with van der Waals surface area (Å²) < 4.78 is 6.30. The van der Waals surface area contributed by atoms with Crippen molar-refractivity contribution in [1.82, 2.24) is 0 Å². The molecule has 1 amide bonds. The van der Waals surface area contributed by atoms with Crippen LogP contribution in [0.2, 0.25) is 0 Å². The van der Waals surface area contributed by atoms with Gasteiger partial charge in [-0.2, -0.15) is 4.73 Å². The average molecular weight is 349 g/mol. The molecule has 24 heavy (non-hydrogen) atoms. The Morgan fingerprint density at radius 3 is 2.67 bits per heavy atom. The summed E-state index contributed by atoms with van der Waals surface area (Å²) in [6, 6.07) is 7.24. The van der Waals surface area contributed by atoms with E-state index in [4.69, 9.17) is 16.3 Å². The van der Waals surface area contributed by atoms with Crippen LogP contribution in [-0.4, -0.2) is 18.4 Å². The largest absolute Gasteiger partial charge is 0.618 e. The van der Waals surface area contributed by atoms with E-state index in [1.807, 2.05) is 32.0 Å². The molecule has 1 N–H and O–H groups in total. The van der Waals surface area contributed by atoms with E-state index in [0.29, 0.717) is 28.7 Å². The van der Waals surface area contributed by atoms with Crippen molar-refractivity contribution in [2.45, 2.75) is 27.7 Å². The number of rotatable bonds is 5. The van der Waals surface area contributed by atoms with Crippen molar-refractivity contribution >= 4 is 23.2 Å². The standard InChI is InChI=1S/C18H21ClN2O3/c1-11-6-5-7-15(13(11)3)20-18(22)17-14(4)21(23)12(2)10-16(17)24-9-8-19/h5-7,10H,8-9H2,1-4H3,(H,20,22). The predicted molar refractivity (Wildman–Crippen MR) is 95.0 cm³/mol. The first-order chi connectivity index (χ1) is 11.4. The molecule has 2 rings (SSSR count). The van der Waals surface area contributed by atoms with Crippen molar-refractivity contribution in [3.63, 3.8) is 0 Å². The number of alkyl halides is 1. The minimum atomic E-state index is -0.379. The molecular weight excluding hydrogens is 328 g/mol. The molecule has 1 aromatic carbocycles. The van der Waals surface area contributed by atoms with E-state index < -0.39 is 0 Å². The lowest BCUT2D eigenvalue weighted by atomic mass is 10.1. The van der Waals surface area contributed by atoms with Gasteiger partial charge in [-0.15, -0.1) is 11.6 Å². The summed E-state index contributed by atoms with van der Waals surface area (Å²) in [7, 11) is 0. The van der Waals surface area contributed by atoms with Gasteiger partial charge in [-0.3, -0.25) is 4.79 Å². The Hall–Kier alpha value is -2.27. The van der Waals surface area contributed by atoms with Crippen LogP contribution in [0.4, 0.5) is 5.69 Å². The highest BCUT2D eigenvalue weighted by Crippen LogP contribution is 2.24. The maximum absolute atomic E-state index is 12.8. The number of benzene rings is 1. The number of halogens is 1. The first-order valence-electron chi connectivity index (χ1n) is 7.67. The van der Waals surface area contributed by atoms with E-state index in [-0.39, 0.29) is 18.1 Å². The molecule has 1 heterocycles. The van der Waals surface area contributed by atoms with Crippen LogP contribution in [0.1, 0.15) is 32.9 Å². The van der Waals surface area contributed by atoms with Gasteiger partial charge in [0.05, 0.1) is 5.88 Å². The maximum Gasteiger partial charge on any atom is 0.265 e. The molecule has 0 saturated carbocycles. The SMILES string of the molecule is Cc1cccc(NC(=O)c2c(OCCCl)cc(C)[n+]([O-])c2C)c1C. The Kier molecular flexibility index (Phi) is 5.67. The number of ether oxygens (including phenoxy) is 1. The number of aryl methyl sites for hydroxylation is 2. The molecule has 0 unspecified atom stereocenters. The number of amides is 1. The van der Waals surface area contributed by atoms with Crippen LogP contribution in [0.3, 0.4) is 0 Å². The third-order valence-corrected chi connectivity index (χ3v) is 4.14. The van der Waals surface area contributed by atoms with E-state index in [9.17, 15) is 10.0 Å². The molecule has 128 valence electrons. The van der Waals surface area contributed by atoms with Crippen LogP contribution >= 0.6 is 11.6 Å². The quantitative estimate of drug-likeness (QED) is 0.511. The van der Waals surface area contributed by atoms with Gasteiger partial charge in [0, 0.05) is 25.6 Å². The van der Waals surface area contributed by atoms with E-state index in [0.717, 1.165) is 15.9 Å². The Bertz CT molecular complexity index is 775. The van der Waals surface area contributed by atoms with E-state index in [1.54, 1.807) is 19.9 Å². The fraction of sp³-hybridized carbons (Fsp3) is 0.333. The van der Waals surface area contributed by atoms with Gasteiger partial charge in [-0.05, 0) is 31.0 Å². The smallest absolute Gasteiger partial charge is 0.265 e. The van der Waals surface area contributed by atoms with Crippen molar-refractivity contribution in [1.29, 1.82) is 0 Å². The zero-order chi connectivity index (χ0) is 17.9. The second-order valence-corrected chi connectivity index (χ2v) is 6.02. The number of aromatic nitrogens is 1. The zero-order valence-corrected chi connectivity index (χ0v) is 15.0. The predicted octanol–water partition coefficient (Wildman–Crippen LogP) is 3.42. The molecule has 0 aliphatic carbocycles. The Balaban J connectivity index is 2.44. The molecule has 0 aliphatic heterocycles. The van der Waals surface area contributed by atoms with Gasteiger partial charge in [0.25, 0.3) is 5.91 Å². The molecule has 2 aromatic rings. The van der Waals surface area contributed by atoms with Gasteiger partial charge in [-0.25, -0.2) is 0 Å². The number of nitrogens with zero attached hydrogens (tertiary/aromatic N) is 1. The Morgan fingerprint density at radius 2 is 2.00 bits per heavy atom. The molecule has 0 atom stereocenters. The van der Waals surface area contributed by atoms with Gasteiger partial charge >= 0.3 is 0 Å². The molecule has 6 heteroatoms. The lowest BCUT2D eigenvalue weighted by Crippen LogP contribution is -2.37.